The van der Waals surface area contributed by atoms with Crippen molar-refractivity contribution in [1.29, 1.82) is 0 Å². The minimum absolute atomic E-state index is 0.0297. The minimum atomic E-state index is -0.0313. The molecule has 2 unspecified atom stereocenters. The predicted molar refractivity (Wildman–Crippen MR) is 54.8 cm³/mol. The number of allylic oxidation sites excluding steroid dienone is 1. The molecule has 0 aromatic carbocycles. The van der Waals surface area contributed by atoms with Gasteiger partial charge in [-0.05, 0) is 19.9 Å². The molecule has 4 heteroatoms. The highest BCUT2D eigenvalue weighted by Gasteiger charge is 2.25. The molecule has 1 aliphatic rings. The van der Waals surface area contributed by atoms with Gasteiger partial charge >= 0.3 is 0 Å². The molecule has 1 fully saturated rings. The standard InChI is InChI=1S/C10H18N2O2/c1-3-4-10(13)12-5-6-14-9(7-12)8(2)11/h3-4,8-9H,5-7,11H2,1-2H3/b4-3+. The maximum Gasteiger partial charge on any atom is 0.246 e. The van der Waals surface area contributed by atoms with Crippen molar-refractivity contribution in [3.63, 3.8) is 0 Å². The van der Waals surface area contributed by atoms with E-state index >= 15 is 0 Å². The van der Waals surface area contributed by atoms with Crippen LogP contribution in [0.4, 0.5) is 0 Å². The van der Waals surface area contributed by atoms with Gasteiger partial charge in [-0.2, -0.15) is 0 Å². The number of rotatable bonds is 2. The Morgan fingerprint density at radius 2 is 2.43 bits per heavy atom. The monoisotopic (exact) mass is 198 g/mol. The fraction of sp³-hybridized carbons (Fsp3) is 0.700. The van der Waals surface area contributed by atoms with Crippen LogP contribution < -0.4 is 5.73 Å². The second-order valence-corrected chi connectivity index (χ2v) is 3.55. The van der Waals surface area contributed by atoms with E-state index in [1.54, 1.807) is 17.1 Å². The second kappa shape index (κ2) is 5.12. The topological polar surface area (TPSA) is 55.6 Å². The van der Waals surface area contributed by atoms with Gasteiger partial charge < -0.3 is 15.4 Å². The summed E-state index contributed by atoms with van der Waals surface area (Å²) in [6.45, 7) is 5.57. The Labute approximate surface area is 84.7 Å². The van der Waals surface area contributed by atoms with Crippen LogP contribution in [0.5, 0.6) is 0 Å². The third-order valence-corrected chi connectivity index (χ3v) is 2.30. The van der Waals surface area contributed by atoms with Gasteiger partial charge in [-0.3, -0.25) is 4.79 Å². The van der Waals surface area contributed by atoms with Crippen molar-refractivity contribution in [1.82, 2.24) is 4.90 Å². The van der Waals surface area contributed by atoms with Crippen molar-refractivity contribution >= 4 is 5.91 Å². The highest BCUT2D eigenvalue weighted by molar-refractivity contribution is 5.87. The molecule has 0 aliphatic carbocycles. The highest BCUT2D eigenvalue weighted by atomic mass is 16.5. The molecule has 1 rings (SSSR count). The third kappa shape index (κ3) is 2.82. The van der Waals surface area contributed by atoms with Crippen LogP contribution in [0.3, 0.4) is 0 Å². The Kier molecular flexibility index (Phi) is 4.10. The molecule has 4 nitrogen and oxygen atoms in total. The summed E-state index contributed by atoms with van der Waals surface area (Å²) in [4.78, 5) is 13.3. The number of carbonyl (C=O) groups is 1. The van der Waals surface area contributed by atoms with E-state index in [4.69, 9.17) is 10.5 Å². The number of nitrogens with two attached hydrogens (primary N) is 1. The van der Waals surface area contributed by atoms with Crippen LogP contribution >= 0.6 is 0 Å². The van der Waals surface area contributed by atoms with Gasteiger partial charge in [0.2, 0.25) is 5.91 Å². The van der Waals surface area contributed by atoms with Gasteiger partial charge in [0.1, 0.15) is 0 Å². The van der Waals surface area contributed by atoms with Crippen LogP contribution in [-0.4, -0.2) is 42.6 Å². The normalized spacial score (nSPS) is 25.4. The van der Waals surface area contributed by atoms with Gasteiger partial charge in [0, 0.05) is 19.1 Å². The molecular formula is C10H18N2O2. The molecule has 14 heavy (non-hydrogen) atoms. The number of morpholine rings is 1. The molecule has 0 aromatic heterocycles. The lowest BCUT2D eigenvalue weighted by atomic mass is 10.1. The van der Waals surface area contributed by atoms with E-state index in [2.05, 4.69) is 0 Å². The number of amides is 1. The van der Waals surface area contributed by atoms with E-state index in [0.29, 0.717) is 19.7 Å². The number of nitrogens with zero attached hydrogens (tertiary/aromatic N) is 1. The van der Waals surface area contributed by atoms with E-state index in [9.17, 15) is 4.79 Å². The van der Waals surface area contributed by atoms with Crippen molar-refractivity contribution < 1.29 is 9.53 Å². The summed E-state index contributed by atoms with van der Waals surface area (Å²) in [7, 11) is 0. The Morgan fingerprint density at radius 3 is 3.00 bits per heavy atom. The zero-order chi connectivity index (χ0) is 10.6. The van der Waals surface area contributed by atoms with E-state index in [1.165, 1.54) is 0 Å². The summed E-state index contributed by atoms with van der Waals surface area (Å²) >= 11 is 0. The Bertz CT molecular complexity index is 226. The Balaban J connectivity index is 2.51. The van der Waals surface area contributed by atoms with Gasteiger partial charge in [-0.25, -0.2) is 0 Å². The van der Waals surface area contributed by atoms with Gasteiger partial charge in [0.25, 0.3) is 0 Å². The molecule has 2 atom stereocenters. The molecule has 0 saturated carbocycles. The third-order valence-electron chi connectivity index (χ3n) is 2.30. The molecule has 1 amide bonds. The first-order valence-corrected chi connectivity index (χ1v) is 4.94. The van der Waals surface area contributed by atoms with Crippen LogP contribution in [-0.2, 0) is 9.53 Å². The molecule has 80 valence electrons. The van der Waals surface area contributed by atoms with Crippen molar-refractivity contribution in [2.45, 2.75) is 26.0 Å². The van der Waals surface area contributed by atoms with Crippen LogP contribution in [0.1, 0.15) is 13.8 Å². The largest absolute Gasteiger partial charge is 0.373 e. The Morgan fingerprint density at radius 1 is 1.71 bits per heavy atom. The first kappa shape index (κ1) is 11.2. The van der Waals surface area contributed by atoms with E-state index in [0.717, 1.165) is 0 Å². The summed E-state index contributed by atoms with van der Waals surface area (Å²) in [6.07, 6.45) is 3.29. The second-order valence-electron chi connectivity index (χ2n) is 3.55. The molecule has 0 spiro atoms. The van der Waals surface area contributed by atoms with Crippen LogP contribution in [0.15, 0.2) is 12.2 Å². The highest BCUT2D eigenvalue weighted by Crippen LogP contribution is 2.08. The first-order chi connectivity index (χ1) is 6.65. The molecule has 1 aliphatic heterocycles. The summed E-state index contributed by atoms with van der Waals surface area (Å²) < 4.78 is 5.45. The average Bonchev–Trinajstić information content (AvgIpc) is 2.18. The van der Waals surface area contributed by atoms with Crippen molar-refractivity contribution in [3.8, 4) is 0 Å². The lowest BCUT2D eigenvalue weighted by molar-refractivity contribution is -0.134. The number of hydrogen-bond donors (Lipinski definition) is 1. The number of carbonyl (C=O) groups excluding carboxylic acids is 1. The number of hydrogen-bond acceptors (Lipinski definition) is 3. The van der Waals surface area contributed by atoms with Crippen molar-refractivity contribution in [3.05, 3.63) is 12.2 Å². The molecule has 0 bridgehead atoms. The SMILES string of the molecule is C/C=C/C(=O)N1CCOC(C(C)N)C1. The summed E-state index contributed by atoms with van der Waals surface area (Å²) in [5.74, 6) is 0.0430. The predicted octanol–water partition coefficient (Wildman–Crippen LogP) is 0.137. The zero-order valence-electron chi connectivity index (χ0n) is 8.77. The maximum atomic E-state index is 11.5. The lowest BCUT2D eigenvalue weighted by Crippen LogP contribution is -2.51. The maximum absolute atomic E-state index is 11.5. The molecule has 0 aromatic rings. The summed E-state index contributed by atoms with van der Waals surface area (Å²) in [6, 6.07) is -0.0313. The zero-order valence-corrected chi connectivity index (χ0v) is 8.77. The quantitative estimate of drug-likeness (QED) is 0.642. The first-order valence-electron chi connectivity index (χ1n) is 4.94. The molecule has 2 N–H and O–H groups in total. The van der Waals surface area contributed by atoms with E-state index < -0.39 is 0 Å². The lowest BCUT2D eigenvalue weighted by Gasteiger charge is -2.34. The average molecular weight is 198 g/mol. The minimum Gasteiger partial charge on any atom is -0.373 e. The fourth-order valence-corrected chi connectivity index (χ4v) is 1.44. The van der Waals surface area contributed by atoms with Gasteiger partial charge in [-0.1, -0.05) is 6.08 Å². The molecule has 1 saturated heterocycles. The number of ether oxygens (including phenoxy) is 1. The van der Waals surface area contributed by atoms with Crippen LogP contribution in [0, 0.1) is 0 Å². The summed E-state index contributed by atoms with van der Waals surface area (Å²) in [5, 5.41) is 0. The van der Waals surface area contributed by atoms with E-state index in [1.807, 2.05) is 13.8 Å². The van der Waals surface area contributed by atoms with Crippen LogP contribution in [0.25, 0.3) is 0 Å². The van der Waals surface area contributed by atoms with Crippen molar-refractivity contribution in [2.24, 2.45) is 5.73 Å². The van der Waals surface area contributed by atoms with Gasteiger partial charge in [0.05, 0.1) is 12.7 Å². The van der Waals surface area contributed by atoms with Gasteiger partial charge in [0.15, 0.2) is 0 Å². The Hall–Kier alpha value is -0.870. The molecular weight excluding hydrogens is 180 g/mol. The smallest absolute Gasteiger partial charge is 0.246 e. The van der Waals surface area contributed by atoms with Crippen molar-refractivity contribution in [2.75, 3.05) is 19.7 Å². The van der Waals surface area contributed by atoms with Crippen LogP contribution in [0.2, 0.25) is 0 Å². The summed E-state index contributed by atoms with van der Waals surface area (Å²) in [5.41, 5.74) is 5.72. The van der Waals surface area contributed by atoms with E-state index in [-0.39, 0.29) is 18.1 Å². The molecule has 0 radical (unpaired) electrons. The molecule has 1 heterocycles. The fourth-order valence-electron chi connectivity index (χ4n) is 1.44. The van der Waals surface area contributed by atoms with Gasteiger partial charge in [-0.15, -0.1) is 0 Å².